The second kappa shape index (κ2) is 11.1. The predicted molar refractivity (Wildman–Crippen MR) is 134 cm³/mol. The first-order valence-electron chi connectivity index (χ1n) is 10.1. The van der Waals surface area contributed by atoms with Crippen molar-refractivity contribution in [3.05, 3.63) is 81.0 Å². The molecular formula is C23H17Cl2N5O4S. The summed E-state index contributed by atoms with van der Waals surface area (Å²) >= 11 is 13.1. The summed E-state index contributed by atoms with van der Waals surface area (Å²) in [6, 6.07) is 15.2. The van der Waals surface area contributed by atoms with Crippen molar-refractivity contribution in [3.63, 3.8) is 0 Å². The maximum Gasteiger partial charge on any atom is 0.257 e. The van der Waals surface area contributed by atoms with Crippen LogP contribution >= 0.6 is 34.5 Å². The standard InChI is InChI=1S/C23H17Cl2N5O4S/c1-33-17-4-2-13(3-5-17)22(32)27-23-30-29-21(35-23)11-20(31)28-26-12-18-6-7-19(34-18)14-8-15(24)10-16(25)9-14/h2-10,12H,11H2,1H3,(H,28,31)(H,27,30,32)/b26-12-. The summed E-state index contributed by atoms with van der Waals surface area (Å²) in [4.78, 5) is 24.5. The number of hydrazone groups is 1. The summed E-state index contributed by atoms with van der Waals surface area (Å²) < 4.78 is 10.8. The van der Waals surface area contributed by atoms with Crippen molar-refractivity contribution in [1.82, 2.24) is 15.6 Å². The third-order valence-electron chi connectivity index (χ3n) is 4.51. The molecule has 0 saturated heterocycles. The number of halogens is 2. The second-order valence-electron chi connectivity index (χ2n) is 7.01. The van der Waals surface area contributed by atoms with Gasteiger partial charge in [-0.25, -0.2) is 5.43 Å². The largest absolute Gasteiger partial charge is 0.497 e. The molecule has 2 heterocycles. The first kappa shape index (κ1) is 24.4. The van der Waals surface area contributed by atoms with E-state index in [9.17, 15) is 9.59 Å². The van der Waals surface area contributed by atoms with Gasteiger partial charge in [-0.2, -0.15) is 5.10 Å². The monoisotopic (exact) mass is 529 g/mol. The zero-order valence-corrected chi connectivity index (χ0v) is 20.4. The molecule has 0 unspecified atom stereocenters. The van der Waals surface area contributed by atoms with Crippen LogP contribution in [0.15, 0.2) is 64.1 Å². The van der Waals surface area contributed by atoms with Crippen molar-refractivity contribution in [2.75, 3.05) is 12.4 Å². The van der Waals surface area contributed by atoms with Gasteiger partial charge in [-0.15, -0.1) is 10.2 Å². The van der Waals surface area contributed by atoms with Gasteiger partial charge in [0, 0.05) is 21.2 Å². The van der Waals surface area contributed by atoms with Crippen LogP contribution in [0.4, 0.5) is 5.13 Å². The van der Waals surface area contributed by atoms with Crippen LogP contribution in [0.2, 0.25) is 10.0 Å². The molecular weight excluding hydrogens is 513 g/mol. The van der Waals surface area contributed by atoms with Crippen LogP contribution in [-0.4, -0.2) is 35.3 Å². The van der Waals surface area contributed by atoms with E-state index in [2.05, 4.69) is 26.0 Å². The fourth-order valence-corrected chi connectivity index (χ4v) is 4.16. The van der Waals surface area contributed by atoms with Gasteiger partial charge in [0.15, 0.2) is 0 Å². The highest BCUT2D eigenvalue weighted by atomic mass is 35.5. The van der Waals surface area contributed by atoms with E-state index in [-0.39, 0.29) is 17.5 Å². The summed E-state index contributed by atoms with van der Waals surface area (Å²) in [5.74, 6) is 0.879. The summed E-state index contributed by atoms with van der Waals surface area (Å²) in [6.45, 7) is 0. The lowest BCUT2D eigenvalue weighted by atomic mass is 10.2. The molecule has 4 rings (SSSR count). The Balaban J connectivity index is 1.28. The van der Waals surface area contributed by atoms with Crippen LogP contribution in [0.3, 0.4) is 0 Å². The molecule has 0 spiro atoms. The molecule has 0 atom stereocenters. The van der Waals surface area contributed by atoms with Crippen LogP contribution in [0.25, 0.3) is 11.3 Å². The van der Waals surface area contributed by atoms with Gasteiger partial charge >= 0.3 is 0 Å². The molecule has 2 aromatic heterocycles. The van der Waals surface area contributed by atoms with Crippen LogP contribution in [0.5, 0.6) is 5.75 Å². The lowest BCUT2D eigenvalue weighted by Gasteiger charge is -2.02. The highest BCUT2D eigenvalue weighted by Crippen LogP contribution is 2.28. The summed E-state index contributed by atoms with van der Waals surface area (Å²) in [5, 5.41) is 16.1. The third kappa shape index (κ3) is 6.66. The van der Waals surface area contributed by atoms with Gasteiger partial charge in [0.2, 0.25) is 11.0 Å². The van der Waals surface area contributed by atoms with Gasteiger partial charge < -0.3 is 9.15 Å². The van der Waals surface area contributed by atoms with Crippen molar-refractivity contribution >= 4 is 57.7 Å². The molecule has 0 aliphatic heterocycles. The molecule has 0 fully saturated rings. The Labute approximate surface area is 213 Å². The van der Waals surface area contributed by atoms with Crippen LogP contribution in [0, 0.1) is 0 Å². The number of methoxy groups -OCH3 is 1. The summed E-state index contributed by atoms with van der Waals surface area (Å²) in [5.41, 5.74) is 3.56. The van der Waals surface area contributed by atoms with E-state index in [4.69, 9.17) is 32.4 Å². The first-order valence-corrected chi connectivity index (χ1v) is 11.6. The van der Waals surface area contributed by atoms with Crippen molar-refractivity contribution in [2.45, 2.75) is 6.42 Å². The smallest absolute Gasteiger partial charge is 0.257 e. The number of furan rings is 1. The average Bonchev–Trinajstić information content (AvgIpc) is 3.48. The van der Waals surface area contributed by atoms with Crippen molar-refractivity contribution in [3.8, 4) is 17.1 Å². The number of nitrogens with zero attached hydrogens (tertiary/aromatic N) is 3. The maximum absolute atomic E-state index is 12.3. The summed E-state index contributed by atoms with van der Waals surface area (Å²) in [7, 11) is 1.55. The number of hydrogen-bond acceptors (Lipinski definition) is 8. The second-order valence-corrected chi connectivity index (χ2v) is 8.95. The fraction of sp³-hybridized carbons (Fsp3) is 0.0870. The SMILES string of the molecule is COc1ccc(C(=O)Nc2nnc(CC(=O)N/N=C\c3ccc(-c4cc(Cl)cc(Cl)c4)o3)s2)cc1. The maximum atomic E-state index is 12.3. The van der Waals surface area contributed by atoms with Crippen molar-refractivity contribution in [1.29, 1.82) is 0 Å². The van der Waals surface area contributed by atoms with Crippen molar-refractivity contribution in [2.24, 2.45) is 5.10 Å². The number of amides is 2. The lowest BCUT2D eigenvalue weighted by Crippen LogP contribution is -2.19. The first-order chi connectivity index (χ1) is 16.9. The number of ether oxygens (including phenoxy) is 1. The molecule has 4 aromatic rings. The predicted octanol–water partition coefficient (Wildman–Crippen LogP) is 5.06. The number of hydrogen-bond donors (Lipinski definition) is 2. The van der Waals surface area contributed by atoms with Gasteiger partial charge in [-0.05, 0) is 54.6 Å². The zero-order chi connectivity index (χ0) is 24.8. The van der Waals surface area contributed by atoms with E-state index in [1.807, 2.05) is 0 Å². The quantitative estimate of drug-likeness (QED) is 0.243. The molecule has 9 nitrogen and oxygen atoms in total. The van der Waals surface area contributed by atoms with E-state index in [1.54, 1.807) is 61.7 Å². The molecule has 35 heavy (non-hydrogen) atoms. The number of nitrogens with one attached hydrogen (secondary N) is 2. The Morgan fingerprint density at radius 2 is 1.83 bits per heavy atom. The Kier molecular flexibility index (Phi) is 7.76. The number of carbonyl (C=O) groups excluding carboxylic acids is 2. The highest BCUT2D eigenvalue weighted by Gasteiger charge is 2.13. The summed E-state index contributed by atoms with van der Waals surface area (Å²) in [6.07, 6.45) is 1.31. The van der Waals surface area contributed by atoms with E-state index >= 15 is 0 Å². The van der Waals surface area contributed by atoms with Gasteiger partial charge in [0.1, 0.15) is 22.3 Å². The Morgan fingerprint density at radius 1 is 1.09 bits per heavy atom. The Hall–Kier alpha value is -3.73. The molecule has 2 amide bonds. The molecule has 0 radical (unpaired) electrons. The van der Waals surface area contributed by atoms with Gasteiger partial charge in [-0.3, -0.25) is 14.9 Å². The Morgan fingerprint density at radius 3 is 2.54 bits per heavy atom. The number of aromatic nitrogens is 2. The molecule has 0 bridgehead atoms. The number of rotatable bonds is 8. The van der Waals surface area contributed by atoms with Crippen LogP contribution < -0.4 is 15.5 Å². The molecule has 0 saturated carbocycles. The molecule has 2 N–H and O–H groups in total. The van der Waals surface area contributed by atoms with E-state index < -0.39 is 5.91 Å². The Bertz CT molecular complexity index is 1360. The molecule has 0 aliphatic rings. The fourth-order valence-electron chi connectivity index (χ4n) is 2.91. The molecule has 0 aliphatic carbocycles. The normalized spacial score (nSPS) is 10.9. The number of benzene rings is 2. The van der Waals surface area contributed by atoms with Gasteiger partial charge in [0.25, 0.3) is 5.91 Å². The van der Waals surface area contributed by atoms with E-state index in [1.165, 1.54) is 6.21 Å². The average molecular weight is 530 g/mol. The van der Waals surface area contributed by atoms with Crippen molar-refractivity contribution < 1.29 is 18.7 Å². The third-order valence-corrected chi connectivity index (χ3v) is 5.78. The minimum Gasteiger partial charge on any atom is -0.497 e. The van der Waals surface area contributed by atoms with Gasteiger partial charge in [0.05, 0.1) is 19.7 Å². The zero-order valence-electron chi connectivity index (χ0n) is 18.1. The number of carbonyl (C=O) groups is 2. The topological polar surface area (TPSA) is 119 Å². The molecule has 12 heteroatoms. The minimum absolute atomic E-state index is 0.0577. The lowest BCUT2D eigenvalue weighted by molar-refractivity contribution is -0.120. The van der Waals surface area contributed by atoms with E-state index in [0.29, 0.717) is 37.9 Å². The number of anilines is 1. The highest BCUT2D eigenvalue weighted by molar-refractivity contribution is 7.15. The van der Waals surface area contributed by atoms with E-state index in [0.717, 1.165) is 16.9 Å². The molecule has 2 aromatic carbocycles. The van der Waals surface area contributed by atoms with Crippen LogP contribution in [0.1, 0.15) is 21.1 Å². The van der Waals surface area contributed by atoms with Crippen LogP contribution in [-0.2, 0) is 11.2 Å². The minimum atomic E-state index is -0.404. The molecule has 178 valence electrons. The van der Waals surface area contributed by atoms with Gasteiger partial charge in [-0.1, -0.05) is 34.5 Å².